The number of carbonyl (C=O) groups excluding carboxylic acids is 1. The number of alkyl halides is 6. The molecule has 2 nitrogen and oxygen atoms in total. The number of rotatable bonds is 11. The van der Waals surface area contributed by atoms with Gasteiger partial charge in [-0.05, 0) is 37.5 Å². The van der Waals surface area contributed by atoms with E-state index in [1.807, 2.05) is 0 Å². The summed E-state index contributed by atoms with van der Waals surface area (Å²) < 4.78 is 83.2. The van der Waals surface area contributed by atoms with Crippen molar-refractivity contribution < 1.29 is 35.9 Å². The lowest BCUT2D eigenvalue weighted by Gasteiger charge is -2.19. The molecule has 0 heterocycles. The van der Waals surface area contributed by atoms with Crippen LogP contribution in [0, 0.1) is 0 Å². The van der Waals surface area contributed by atoms with Gasteiger partial charge in [0.2, 0.25) is 0 Å². The Morgan fingerprint density at radius 1 is 0.897 bits per heavy atom. The summed E-state index contributed by atoms with van der Waals surface area (Å²) in [4.78, 5) is 12.3. The van der Waals surface area contributed by atoms with Crippen molar-refractivity contribution in [3.05, 3.63) is 34.9 Å². The fraction of sp³-hybridized carbons (Fsp3) is 0.667. The minimum Gasteiger partial charge on any atom is -0.459 e. The van der Waals surface area contributed by atoms with Gasteiger partial charge in [0.1, 0.15) is 6.10 Å². The fourth-order valence-corrected chi connectivity index (χ4v) is 3.03. The van der Waals surface area contributed by atoms with E-state index in [2.05, 4.69) is 6.92 Å². The molecule has 29 heavy (non-hydrogen) atoms. The average molecular weight is 426 g/mol. The summed E-state index contributed by atoms with van der Waals surface area (Å²) >= 11 is 0. The minimum absolute atomic E-state index is 0.214. The van der Waals surface area contributed by atoms with Gasteiger partial charge in [-0.25, -0.2) is 4.79 Å². The van der Waals surface area contributed by atoms with Crippen molar-refractivity contribution >= 4 is 5.97 Å². The number of benzene rings is 1. The van der Waals surface area contributed by atoms with Crippen molar-refractivity contribution in [2.75, 3.05) is 0 Å². The van der Waals surface area contributed by atoms with Crippen molar-refractivity contribution in [2.45, 2.75) is 90.1 Å². The molecule has 0 fully saturated rings. The molecule has 1 aromatic carbocycles. The highest BCUT2D eigenvalue weighted by molar-refractivity contribution is 5.91. The van der Waals surface area contributed by atoms with Crippen molar-refractivity contribution in [3.63, 3.8) is 0 Å². The summed E-state index contributed by atoms with van der Waals surface area (Å²) in [6, 6.07) is 0.803. The molecule has 0 aliphatic carbocycles. The Morgan fingerprint density at radius 3 is 2.00 bits per heavy atom. The van der Waals surface area contributed by atoms with Gasteiger partial charge in [-0.2, -0.15) is 26.3 Å². The maximum Gasteiger partial charge on any atom is 0.417 e. The number of esters is 1. The van der Waals surface area contributed by atoms with Crippen molar-refractivity contribution in [2.24, 2.45) is 0 Å². The largest absolute Gasteiger partial charge is 0.459 e. The van der Waals surface area contributed by atoms with Crippen molar-refractivity contribution in [1.29, 1.82) is 0 Å². The molecule has 0 aromatic heterocycles. The third-order valence-electron chi connectivity index (χ3n) is 4.73. The number of hydrogen-bond donors (Lipinski definition) is 0. The van der Waals surface area contributed by atoms with Crippen LogP contribution in [-0.2, 0) is 17.1 Å². The molecule has 1 aromatic rings. The monoisotopic (exact) mass is 426 g/mol. The molecule has 0 saturated heterocycles. The van der Waals surface area contributed by atoms with Crippen LogP contribution < -0.4 is 0 Å². The van der Waals surface area contributed by atoms with Gasteiger partial charge in [-0.1, -0.05) is 52.4 Å². The smallest absolute Gasteiger partial charge is 0.417 e. The summed E-state index contributed by atoms with van der Waals surface area (Å²) in [6.07, 6.45) is -2.36. The van der Waals surface area contributed by atoms with Crippen molar-refractivity contribution in [1.82, 2.24) is 0 Å². The zero-order valence-electron chi connectivity index (χ0n) is 16.8. The van der Waals surface area contributed by atoms with E-state index in [1.165, 1.54) is 6.42 Å². The van der Waals surface area contributed by atoms with Crippen LogP contribution in [0.3, 0.4) is 0 Å². The molecule has 0 radical (unpaired) electrons. The lowest BCUT2D eigenvalue weighted by Crippen LogP contribution is -2.22. The highest BCUT2D eigenvalue weighted by Gasteiger charge is 2.39. The van der Waals surface area contributed by atoms with Gasteiger partial charge in [0.05, 0.1) is 16.7 Å². The predicted molar refractivity (Wildman–Crippen MR) is 98.6 cm³/mol. The molecule has 0 saturated carbocycles. The number of unbranched alkanes of at least 4 members (excludes halogenated alkanes) is 6. The third kappa shape index (κ3) is 8.66. The highest BCUT2D eigenvalue weighted by Crippen LogP contribution is 2.37. The first-order chi connectivity index (χ1) is 13.5. The second-order valence-electron chi connectivity index (χ2n) is 7.10. The van der Waals surface area contributed by atoms with E-state index in [4.69, 9.17) is 4.74 Å². The molecule has 8 heteroatoms. The number of hydrogen-bond acceptors (Lipinski definition) is 2. The standard InChI is InChI=1S/C21H28F6O2/c1-3-5-6-7-8-9-10-11-16(4-2)29-19(28)17-14-15(20(22,23)24)12-13-18(17)21(25,26)27/h12-14,16H,3-11H2,1-2H3. The Labute approximate surface area is 167 Å². The van der Waals surface area contributed by atoms with Gasteiger partial charge >= 0.3 is 18.3 Å². The third-order valence-corrected chi connectivity index (χ3v) is 4.73. The van der Waals surface area contributed by atoms with Crippen LogP contribution >= 0.6 is 0 Å². The Kier molecular flexibility index (Phi) is 10.00. The van der Waals surface area contributed by atoms with E-state index in [0.29, 0.717) is 18.9 Å². The maximum absolute atomic E-state index is 13.1. The number of ether oxygens (including phenoxy) is 1. The quantitative estimate of drug-likeness (QED) is 0.205. The Hall–Kier alpha value is -1.73. The first-order valence-electron chi connectivity index (χ1n) is 10.00. The Balaban J connectivity index is 2.79. The molecule has 0 spiro atoms. The minimum atomic E-state index is -4.96. The predicted octanol–water partition coefficient (Wildman–Crippen LogP) is 7.80. The van der Waals surface area contributed by atoms with Gasteiger partial charge in [-0.15, -0.1) is 0 Å². The molecular formula is C21H28F6O2. The maximum atomic E-state index is 13.1. The first kappa shape index (κ1) is 25.3. The van der Waals surface area contributed by atoms with Gasteiger partial charge in [0, 0.05) is 0 Å². The van der Waals surface area contributed by atoms with Gasteiger partial charge in [0.25, 0.3) is 0 Å². The SMILES string of the molecule is CCCCCCCCCC(CC)OC(=O)c1cc(C(F)(F)F)ccc1C(F)(F)F. The van der Waals surface area contributed by atoms with Crippen LogP contribution in [-0.4, -0.2) is 12.1 Å². The molecule has 0 amide bonds. The van der Waals surface area contributed by atoms with Crippen LogP contribution in [0.4, 0.5) is 26.3 Å². The van der Waals surface area contributed by atoms with E-state index in [9.17, 15) is 31.1 Å². The molecule has 0 aliphatic heterocycles. The van der Waals surface area contributed by atoms with E-state index in [1.54, 1.807) is 6.92 Å². The topological polar surface area (TPSA) is 26.3 Å². The van der Waals surface area contributed by atoms with Crippen molar-refractivity contribution in [3.8, 4) is 0 Å². The summed E-state index contributed by atoms with van der Waals surface area (Å²) in [5.41, 5.74) is -3.86. The van der Waals surface area contributed by atoms with Crippen LogP contribution in [0.25, 0.3) is 0 Å². The highest BCUT2D eigenvalue weighted by atomic mass is 19.4. The summed E-state index contributed by atoms with van der Waals surface area (Å²) in [7, 11) is 0. The zero-order valence-corrected chi connectivity index (χ0v) is 16.8. The van der Waals surface area contributed by atoms with E-state index in [-0.39, 0.29) is 12.1 Å². The van der Waals surface area contributed by atoms with E-state index >= 15 is 0 Å². The lowest BCUT2D eigenvalue weighted by molar-refractivity contribution is -0.141. The first-order valence-corrected chi connectivity index (χ1v) is 10.00. The van der Waals surface area contributed by atoms with Crippen LogP contribution in [0.1, 0.15) is 93.1 Å². The lowest BCUT2D eigenvalue weighted by atomic mass is 10.0. The van der Waals surface area contributed by atoms with E-state index < -0.39 is 41.1 Å². The molecule has 166 valence electrons. The summed E-state index contributed by atoms with van der Waals surface area (Å²) in [5, 5.41) is 0. The Bertz CT molecular complexity index is 637. The van der Waals surface area contributed by atoms with Crippen LogP contribution in [0.15, 0.2) is 18.2 Å². The molecule has 0 aliphatic rings. The van der Waals surface area contributed by atoms with Gasteiger partial charge in [0.15, 0.2) is 0 Å². The molecule has 1 atom stereocenters. The van der Waals surface area contributed by atoms with Gasteiger partial charge < -0.3 is 4.74 Å². The Morgan fingerprint density at radius 2 is 1.48 bits per heavy atom. The normalized spacial score (nSPS) is 13.4. The van der Waals surface area contributed by atoms with E-state index in [0.717, 1.165) is 38.5 Å². The molecule has 1 rings (SSSR count). The molecule has 0 bridgehead atoms. The molecule has 0 N–H and O–H groups in total. The summed E-state index contributed by atoms with van der Waals surface area (Å²) in [5.74, 6) is -1.38. The summed E-state index contributed by atoms with van der Waals surface area (Å²) in [6.45, 7) is 3.84. The molecule has 1 unspecified atom stereocenters. The number of halogens is 6. The average Bonchev–Trinajstić information content (AvgIpc) is 2.64. The number of carbonyl (C=O) groups is 1. The van der Waals surface area contributed by atoms with Gasteiger partial charge in [-0.3, -0.25) is 0 Å². The zero-order chi connectivity index (χ0) is 22.1. The van der Waals surface area contributed by atoms with Crippen LogP contribution in [0.2, 0.25) is 0 Å². The second-order valence-corrected chi connectivity index (χ2v) is 7.10. The fourth-order valence-electron chi connectivity index (χ4n) is 3.03. The molecular weight excluding hydrogens is 398 g/mol. The second kappa shape index (κ2) is 11.5. The van der Waals surface area contributed by atoms with Crippen LogP contribution in [0.5, 0.6) is 0 Å².